The van der Waals surface area contributed by atoms with Crippen molar-refractivity contribution in [2.45, 2.75) is 51.7 Å². The van der Waals surface area contributed by atoms with Gasteiger partial charge in [-0.05, 0) is 51.8 Å². The molecular formula is C18H27NO4. The predicted octanol–water partition coefficient (Wildman–Crippen LogP) is 3.62. The highest BCUT2D eigenvalue weighted by Gasteiger charge is 2.36. The third kappa shape index (κ3) is 4.98. The Balaban J connectivity index is 0.00000127. The van der Waals surface area contributed by atoms with Gasteiger partial charge in [-0.3, -0.25) is 0 Å². The van der Waals surface area contributed by atoms with Crippen LogP contribution < -0.4 is 4.74 Å². The van der Waals surface area contributed by atoms with Crippen molar-refractivity contribution in [1.29, 1.82) is 0 Å². The standard InChI is InChI=1S/C17H25NO3.CH2O/c1-12-15(13-6-8-14(20-5)9-7-13)10-11-18(12)16(19)21-17(2,3)4;1-2/h6-9,12,15H,10-11H2,1-5H3;1H2. The largest absolute Gasteiger partial charge is 0.497 e. The Bertz CT molecular complexity index is 507. The Morgan fingerprint density at radius 3 is 2.26 bits per heavy atom. The Hall–Kier alpha value is -2.04. The number of likely N-dealkylation sites (tertiary alicyclic amines) is 1. The summed E-state index contributed by atoms with van der Waals surface area (Å²) in [6, 6.07) is 8.25. The van der Waals surface area contributed by atoms with Crippen molar-refractivity contribution in [3.05, 3.63) is 29.8 Å². The van der Waals surface area contributed by atoms with Crippen LogP contribution in [-0.4, -0.2) is 43.1 Å². The van der Waals surface area contributed by atoms with Crippen LogP contribution in [0, 0.1) is 0 Å². The first-order chi connectivity index (χ1) is 10.8. The summed E-state index contributed by atoms with van der Waals surface area (Å²) in [5, 5.41) is 0. The Morgan fingerprint density at radius 1 is 1.22 bits per heavy atom. The van der Waals surface area contributed by atoms with Gasteiger partial charge in [-0.15, -0.1) is 0 Å². The number of hydrogen-bond acceptors (Lipinski definition) is 4. The van der Waals surface area contributed by atoms with Crippen LogP contribution >= 0.6 is 0 Å². The molecule has 0 aliphatic carbocycles. The van der Waals surface area contributed by atoms with Crippen LogP contribution in [0.2, 0.25) is 0 Å². The van der Waals surface area contributed by atoms with Crippen molar-refractivity contribution in [1.82, 2.24) is 4.90 Å². The molecule has 1 aliphatic heterocycles. The lowest BCUT2D eigenvalue weighted by Crippen LogP contribution is -2.39. The molecule has 128 valence electrons. The highest BCUT2D eigenvalue weighted by Crippen LogP contribution is 2.34. The zero-order chi connectivity index (χ0) is 17.6. The molecule has 1 heterocycles. The van der Waals surface area contributed by atoms with E-state index in [1.165, 1.54) is 5.56 Å². The first-order valence-corrected chi connectivity index (χ1v) is 7.74. The summed E-state index contributed by atoms with van der Waals surface area (Å²) in [7, 11) is 1.66. The molecule has 5 nitrogen and oxygen atoms in total. The van der Waals surface area contributed by atoms with Gasteiger partial charge in [0.2, 0.25) is 0 Å². The van der Waals surface area contributed by atoms with Crippen LogP contribution in [0.1, 0.15) is 45.6 Å². The quantitative estimate of drug-likeness (QED) is 0.835. The second kappa shape index (κ2) is 7.99. The van der Waals surface area contributed by atoms with Gasteiger partial charge in [-0.1, -0.05) is 12.1 Å². The summed E-state index contributed by atoms with van der Waals surface area (Å²) >= 11 is 0. The van der Waals surface area contributed by atoms with E-state index in [-0.39, 0.29) is 12.1 Å². The van der Waals surface area contributed by atoms with E-state index < -0.39 is 5.60 Å². The molecule has 5 heteroatoms. The molecule has 0 aromatic heterocycles. The molecular weight excluding hydrogens is 294 g/mol. The zero-order valence-corrected chi connectivity index (χ0v) is 14.7. The Morgan fingerprint density at radius 2 is 1.78 bits per heavy atom. The SMILES string of the molecule is C=O.COc1ccc(C2CCN(C(=O)OC(C)(C)C)C2C)cc1. The van der Waals surface area contributed by atoms with Gasteiger partial charge in [0.25, 0.3) is 0 Å². The number of carbonyl (C=O) groups excluding carboxylic acids is 2. The molecule has 0 radical (unpaired) electrons. The van der Waals surface area contributed by atoms with Crippen LogP contribution in [0.15, 0.2) is 24.3 Å². The molecule has 1 amide bonds. The maximum absolute atomic E-state index is 12.2. The lowest BCUT2D eigenvalue weighted by molar-refractivity contribution is -0.0980. The molecule has 0 saturated carbocycles. The van der Waals surface area contributed by atoms with E-state index in [4.69, 9.17) is 14.3 Å². The van der Waals surface area contributed by atoms with E-state index in [1.54, 1.807) is 7.11 Å². The highest BCUT2D eigenvalue weighted by molar-refractivity contribution is 5.69. The number of hydrogen-bond donors (Lipinski definition) is 0. The second-order valence-electron chi connectivity index (χ2n) is 6.58. The summed E-state index contributed by atoms with van der Waals surface area (Å²) in [6.45, 7) is 10.5. The van der Waals surface area contributed by atoms with E-state index >= 15 is 0 Å². The monoisotopic (exact) mass is 321 g/mol. The van der Waals surface area contributed by atoms with E-state index in [0.29, 0.717) is 5.92 Å². The number of ether oxygens (including phenoxy) is 2. The predicted molar refractivity (Wildman–Crippen MR) is 89.9 cm³/mol. The van der Waals surface area contributed by atoms with Gasteiger partial charge < -0.3 is 19.2 Å². The average Bonchev–Trinajstić information content (AvgIpc) is 2.89. The minimum Gasteiger partial charge on any atom is -0.497 e. The molecule has 23 heavy (non-hydrogen) atoms. The lowest BCUT2D eigenvalue weighted by atomic mass is 9.93. The molecule has 1 fully saturated rings. The second-order valence-corrected chi connectivity index (χ2v) is 6.58. The third-order valence-corrected chi connectivity index (χ3v) is 3.93. The van der Waals surface area contributed by atoms with Crippen LogP contribution in [0.25, 0.3) is 0 Å². The number of amides is 1. The highest BCUT2D eigenvalue weighted by atomic mass is 16.6. The molecule has 2 unspecified atom stereocenters. The summed E-state index contributed by atoms with van der Waals surface area (Å²) in [5.74, 6) is 1.21. The van der Waals surface area contributed by atoms with Gasteiger partial charge in [0, 0.05) is 18.5 Å². The Labute approximate surface area is 138 Å². The molecule has 2 atom stereocenters. The van der Waals surface area contributed by atoms with E-state index in [1.807, 2.05) is 44.6 Å². The van der Waals surface area contributed by atoms with Crippen LogP contribution in [0.4, 0.5) is 4.79 Å². The van der Waals surface area contributed by atoms with Crippen molar-refractivity contribution in [3.8, 4) is 5.75 Å². The average molecular weight is 321 g/mol. The number of nitrogens with zero attached hydrogens (tertiary/aromatic N) is 1. The summed E-state index contributed by atoms with van der Waals surface area (Å²) in [6.07, 6.45) is 0.748. The molecule has 0 bridgehead atoms. The van der Waals surface area contributed by atoms with E-state index in [2.05, 4.69) is 19.1 Å². The molecule has 1 saturated heterocycles. The van der Waals surface area contributed by atoms with Crippen molar-refractivity contribution in [2.24, 2.45) is 0 Å². The fraction of sp³-hybridized carbons (Fsp3) is 0.556. The van der Waals surface area contributed by atoms with Gasteiger partial charge in [0.1, 0.15) is 18.1 Å². The molecule has 2 rings (SSSR count). The van der Waals surface area contributed by atoms with E-state index in [9.17, 15) is 4.79 Å². The first kappa shape index (κ1) is 19.0. The maximum atomic E-state index is 12.2. The van der Waals surface area contributed by atoms with Crippen molar-refractivity contribution in [3.63, 3.8) is 0 Å². The molecule has 0 N–H and O–H groups in total. The summed E-state index contributed by atoms with van der Waals surface area (Å²) in [4.78, 5) is 22.1. The third-order valence-electron chi connectivity index (χ3n) is 3.93. The van der Waals surface area contributed by atoms with Gasteiger partial charge in [-0.25, -0.2) is 4.79 Å². The smallest absolute Gasteiger partial charge is 0.410 e. The number of carbonyl (C=O) groups is 2. The van der Waals surface area contributed by atoms with Crippen LogP contribution in [0.5, 0.6) is 5.75 Å². The minimum atomic E-state index is -0.449. The lowest BCUT2D eigenvalue weighted by Gasteiger charge is -2.28. The van der Waals surface area contributed by atoms with Crippen molar-refractivity contribution in [2.75, 3.05) is 13.7 Å². The molecule has 0 spiro atoms. The number of benzene rings is 1. The van der Waals surface area contributed by atoms with Gasteiger partial charge in [0.15, 0.2) is 0 Å². The summed E-state index contributed by atoms with van der Waals surface area (Å²) in [5.41, 5.74) is 0.795. The van der Waals surface area contributed by atoms with E-state index in [0.717, 1.165) is 18.7 Å². The van der Waals surface area contributed by atoms with Gasteiger partial charge in [-0.2, -0.15) is 0 Å². The normalized spacial score (nSPS) is 20.5. The van der Waals surface area contributed by atoms with Crippen LogP contribution in [-0.2, 0) is 9.53 Å². The Kier molecular flexibility index (Phi) is 6.61. The topological polar surface area (TPSA) is 55.8 Å². The fourth-order valence-corrected chi connectivity index (χ4v) is 2.81. The molecule has 1 aromatic carbocycles. The van der Waals surface area contributed by atoms with Crippen LogP contribution in [0.3, 0.4) is 0 Å². The molecule has 1 aliphatic rings. The maximum Gasteiger partial charge on any atom is 0.410 e. The zero-order valence-electron chi connectivity index (χ0n) is 14.7. The molecule has 1 aromatic rings. The first-order valence-electron chi connectivity index (χ1n) is 7.74. The van der Waals surface area contributed by atoms with Crippen molar-refractivity contribution < 1.29 is 19.1 Å². The van der Waals surface area contributed by atoms with Crippen molar-refractivity contribution >= 4 is 12.9 Å². The fourth-order valence-electron chi connectivity index (χ4n) is 2.81. The number of methoxy groups -OCH3 is 1. The van der Waals surface area contributed by atoms with Gasteiger partial charge >= 0.3 is 6.09 Å². The summed E-state index contributed by atoms with van der Waals surface area (Å²) < 4.78 is 10.7. The minimum absolute atomic E-state index is 0.147. The van der Waals surface area contributed by atoms with Gasteiger partial charge in [0.05, 0.1) is 7.11 Å². The number of rotatable bonds is 2.